The average Bonchev–Trinajstić information content (AvgIpc) is 3.10. The summed E-state index contributed by atoms with van der Waals surface area (Å²) in [7, 11) is -3.43. The van der Waals surface area contributed by atoms with E-state index in [0.29, 0.717) is 43.1 Å². The second-order valence-corrected chi connectivity index (χ2v) is 14.3. The highest BCUT2D eigenvalue weighted by atomic mass is 32.2. The SMILES string of the molecule is Cc1c(NS(C)(=O)=O)cccc1N(Cc1ccccc1)Cc1ccc(Oc2ccc(CCCC(=O)N[C@@H](Cc3ccccc3)C(=O)O)cc2)cc1. The van der Waals surface area contributed by atoms with Crippen molar-refractivity contribution in [2.75, 3.05) is 15.9 Å². The number of nitrogens with one attached hydrogen (secondary N) is 2. The number of nitrogens with zero attached hydrogens (tertiary/aromatic N) is 1. The molecule has 10 heteroatoms. The molecular weight excluding hydrogens is 663 g/mol. The average molecular weight is 706 g/mol. The number of carboxylic acids is 1. The number of hydrogen-bond donors (Lipinski definition) is 3. The van der Waals surface area contributed by atoms with Gasteiger partial charge in [-0.25, -0.2) is 13.2 Å². The number of benzene rings is 5. The van der Waals surface area contributed by atoms with E-state index in [0.717, 1.165) is 39.8 Å². The molecule has 0 saturated carbocycles. The minimum absolute atomic E-state index is 0.231. The van der Waals surface area contributed by atoms with E-state index >= 15 is 0 Å². The number of carbonyl (C=O) groups is 2. The summed E-state index contributed by atoms with van der Waals surface area (Å²) in [6, 6.07) is 39.7. The molecule has 0 bridgehead atoms. The monoisotopic (exact) mass is 705 g/mol. The second kappa shape index (κ2) is 17.4. The Morgan fingerprint density at radius 3 is 1.84 bits per heavy atom. The number of aliphatic carboxylic acids is 1. The first kappa shape index (κ1) is 36.7. The van der Waals surface area contributed by atoms with Gasteiger partial charge >= 0.3 is 5.97 Å². The van der Waals surface area contributed by atoms with E-state index in [1.807, 2.05) is 116 Å². The fraction of sp³-hybridized carbons (Fsp3) is 0.220. The lowest BCUT2D eigenvalue weighted by Crippen LogP contribution is -2.42. The molecule has 0 radical (unpaired) electrons. The highest BCUT2D eigenvalue weighted by Crippen LogP contribution is 2.31. The van der Waals surface area contributed by atoms with Crippen LogP contribution in [0.3, 0.4) is 0 Å². The van der Waals surface area contributed by atoms with Crippen LogP contribution in [0, 0.1) is 6.92 Å². The molecule has 5 aromatic carbocycles. The Balaban J connectivity index is 1.16. The molecule has 5 rings (SSSR count). The van der Waals surface area contributed by atoms with Gasteiger partial charge in [-0.1, -0.05) is 91.0 Å². The Bertz CT molecular complexity index is 2000. The summed E-state index contributed by atoms with van der Waals surface area (Å²) >= 11 is 0. The maximum absolute atomic E-state index is 12.5. The maximum atomic E-state index is 12.5. The highest BCUT2D eigenvalue weighted by molar-refractivity contribution is 7.92. The molecule has 0 aliphatic carbocycles. The van der Waals surface area contributed by atoms with Gasteiger partial charge < -0.3 is 20.1 Å². The molecule has 0 heterocycles. The van der Waals surface area contributed by atoms with Crippen LogP contribution in [-0.2, 0) is 45.5 Å². The van der Waals surface area contributed by atoms with Gasteiger partial charge in [0.05, 0.1) is 11.9 Å². The summed E-state index contributed by atoms with van der Waals surface area (Å²) in [4.78, 5) is 26.4. The van der Waals surface area contributed by atoms with Crippen LogP contribution in [0.15, 0.2) is 127 Å². The van der Waals surface area contributed by atoms with Gasteiger partial charge in [-0.3, -0.25) is 9.52 Å². The standard InChI is InChI=1S/C41H43N3O6S/c1-30-37(43-51(2,48)49)16-10-17-39(30)44(28-33-13-7-4-8-14-33)29-34-21-25-36(26-22-34)50-35-23-19-31(20-24-35)15-9-18-40(45)42-38(41(46)47)27-32-11-5-3-6-12-32/h3-8,10-14,16-17,19-26,38,43H,9,15,18,27-29H2,1-2H3,(H,42,45)(H,46,47)/t38-/m0/s1. The number of aryl methyl sites for hydroxylation is 1. The van der Waals surface area contributed by atoms with Gasteiger partial charge in [0, 0.05) is 31.6 Å². The van der Waals surface area contributed by atoms with Gasteiger partial charge in [-0.2, -0.15) is 0 Å². The van der Waals surface area contributed by atoms with Crippen molar-refractivity contribution in [2.45, 2.75) is 51.7 Å². The Labute approximate surface area is 300 Å². The van der Waals surface area contributed by atoms with Crippen LogP contribution >= 0.6 is 0 Å². The first-order chi connectivity index (χ1) is 24.5. The molecule has 0 aromatic heterocycles. The predicted octanol–water partition coefficient (Wildman–Crippen LogP) is 7.50. The van der Waals surface area contributed by atoms with E-state index in [1.54, 1.807) is 6.07 Å². The quantitative estimate of drug-likeness (QED) is 0.0915. The van der Waals surface area contributed by atoms with Crippen LogP contribution in [-0.4, -0.2) is 37.7 Å². The third-order valence-corrected chi connectivity index (χ3v) is 8.99. The van der Waals surface area contributed by atoms with Crippen molar-refractivity contribution in [1.82, 2.24) is 5.32 Å². The normalized spacial score (nSPS) is 11.7. The third kappa shape index (κ3) is 11.5. The van der Waals surface area contributed by atoms with Crippen LogP contribution in [0.2, 0.25) is 0 Å². The fourth-order valence-corrected chi connectivity index (χ4v) is 6.44. The minimum atomic E-state index is -3.43. The number of anilines is 2. The number of ether oxygens (including phenoxy) is 1. The van der Waals surface area contributed by atoms with Crippen molar-refractivity contribution < 1.29 is 27.9 Å². The molecule has 9 nitrogen and oxygen atoms in total. The largest absolute Gasteiger partial charge is 0.480 e. The van der Waals surface area contributed by atoms with Crippen molar-refractivity contribution in [3.63, 3.8) is 0 Å². The number of rotatable bonds is 17. The maximum Gasteiger partial charge on any atom is 0.326 e. The molecule has 0 fully saturated rings. The summed E-state index contributed by atoms with van der Waals surface area (Å²) in [6.45, 7) is 3.15. The number of sulfonamides is 1. The minimum Gasteiger partial charge on any atom is -0.480 e. The predicted molar refractivity (Wildman–Crippen MR) is 202 cm³/mol. The van der Waals surface area contributed by atoms with Crippen molar-refractivity contribution >= 4 is 33.3 Å². The summed E-state index contributed by atoms with van der Waals surface area (Å²) in [6.07, 6.45) is 2.88. The van der Waals surface area contributed by atoms with E-state index in [-0.39, 0.29) is 18.7 Å². The summed E-state index contributed by atoms with van der Waals surface area (Å²) in [5, 5.41) is 12.2. The van der Waals surface area contributed by atoms with E-state index in [2.05, 4.69) is 27.1 Å². The topological polar surface area (TPSA) is 125 Å². The van der Waals surface area contributed by atoms with Crippen molar-refractivity contribution in [1.29, 1.82) is 0 Å². The van der Waals surface area contributed by atoms with Crippen LogP contribution in [0.5, 0.6) is 11.5 Å². The number of carbonyl (C=O) groups excluding carboxylic acids is 1. The molecule has 0 saturated heterocycles. The highest BCUT2D eigenvalue weighted by Gasteiger charge is 2.20. The molecule has 3 N–H and O–H groups in total. The van der Waals surface area contributed by atoms with Gasteiger partial charge in [0.25, 0.3) is 0 Å². The molecular formula is C41H43N3O6S. The molecule has 0 aliphatic heterocycles. The van der Waals surface area contributed by atoms with E-state index in [4.69, 9.17) is 4.74 Å². The smallest absolute Gasteiger partial charge is 0.326 e. The van der Waals surface area contributed by atoms with Crippen molar-refractivity contribution in [2.24, 2.45) is 0 Å². The Hall–Kier alpha value is -5.61. The summed E-state index contributed by atoms with van der Waals surface area (Å²) in [5.74, 6) is 0.0462. The summed E-state index contributed by atoms with van der Waals surface area (Å²) in [5.41, 5.74) is 6.43. The van der Waals surface area contributed by atoms with Crippen LogP contribution in [0.4, 0.5) is 11.4 Å². The van der Waals surface area contributed by atoms with Crippen LogP contribution in [0.25, 0.3) is 0 Å². The number of hydrogen-bond acceptors (Lipinski definition) is 6. The fourth-order valence-electron chi connectivity index (χ4n) is 5.82. The molecule has 1 amide bonds. The van der Waals surface area contributed by atoms with E-state index in [1.165, 1.54) is 0 Å². The van der Waals surface area contributed by atoms with Crippen LogP contribution in [0.1, 0.15) is 40.7 Å². The molecule has 5 aromatic rings. The molecule has 51 heavy (non-hydrogen) atoms. The first-order valence-electron chi connectivity index (χ1n) is 16.8. The third-order valence-electron chi connectivity index (χ3n) is 8.40. The van der Waals surface area contributed by atoms with E-state index < -0.39 is 22.0 Å². The van der Waals surface area contributed by atoms with Crippen LogP contribution < -0.4 is 19.7 Å². The lowest BCUT2D eigenvalue weighted by Gasteiger charge is -2.28. The Morgan fingerprint density at radius 1 is 0.725 bits per heavy atom. The molecule has 1 atom stereocenters. The van der Waals surface area contributed by atoms with Gasteiger partial charge in [-0.15, -0.1) is 0 Å². The van der Waals surface area contributed by atoms with Gasteiger partial charge in [0.1, 0.15) is 17.5 Å². The molecule has 0 aliphatic rings. The van der Waals surface area contributed by atoms with E-state index in [9.17, 15) is 23.1 Å². The number of carboxylic acid groups (broad SMARTS) is 1. The number of amides is 1. The summed E-state index contributed by atoms with van der Waals surface area (Å²) < 4.78 is 32.7. The first-order valence-corrected chi connectivity index (χ1v) is 18.7. The van der Waals surface area contributed by atoms with Crippen molar-refractivity contribution in [3.05, 3.63) is 155 Å². The zero-order valence-electron chi connectivity index (χ0n) is 28.8. The van der Waals surface area contributed by atoms with Gasteiger partial charge in [0.15, 0.2) is 0 Å². The second-order valence-electron chi connectivity index (χ2n) is 12.6. The van der Waals surface area contributed by atoms with Gasteiger partial charge in [0.2, 0.25) is 15.9 Å². The lowest BCUT2D eigenvalue weighted by atomic mass is 10.0. The lowest BCUT2D eigenvalue weighted by molar-refractivity contribution is -0.141. The molecule has 0 spiro atoms. The Morgan fingerprint density at radius 2 is 1.27 bits per heavy atom. The zero-order valence-corrected chi connectivity index (χ0v) is 29.6. The Kier molecular flexibility index (Phi) is 12.5. The van der Waals surface area contributed by atoms with Crippen molar-refractivity contribution in [3.8, 4) is 11.5 Å². The van der Waals surface area contributed by atoms with Gasteiger partial charge in [-0.05, 0) is 84.0 Å². The molecule has 264 valence electrons. The molecule has 0 unspecified atom stereocenters. The zero-order chi connectivity index (χ0) is 36.2.